The fourth-order valence-corrected chi connectivity index (χ4v) is 4.47. The van der Waals surface area contributed by atoms with Gasteiger partial charge in [-0.25, -0.2) is 14.8 Å². The summed E-state index contributed by atoms with van der Waals surface area (Å²) in [5, 5.41) is 7.30. The first-order chi connectivity index (χ1) is 15.1. The van der Waals surface area contributed by atoms with Gasteiger partial charge in [-0.1, -0.05) is 25.7 Å². The molecule has 168 valence electrons. The summed E-state index contributed by atoms with van der Waals surface area (Å²) >= 11 is 0. The Bertz CT molecular complexity index is 885. The number of aromatic nitrogens is 4. The largest absolute Gasteiger partial charge is 0.487 e. The van der Waals surface area contributed by atoms with Crippen molar-refractivity contribution in [3.63, 3.8) is 0 Å². The van der Waals surface area contributed by atoms with Gasteiger partial charge in [0.15, 0.2) is 11.6 Å². The molecule has 2 heterocycles. The number of aryl methyl sites for hydroxylation is 2. The molecule has 0 aromatic carbocycles. The first-order valence-corrected chi connectivity index (χ1v) is 11.5. The van der Waals surface area contributed by atoms with Crippen LogP contribution in [0, 0.1) is 6.92 Å². The smallest absolute Gasteiger partial charge is 0.407 e. The predicted molar refractivity (Wildman–Crippen MR) is 117 cm³/mol. The van der Waals surface area contributed by atoms with Crippen LogP contribution in [-0.2, 0) is 18.4 Å². The van der Waals surface area contributed by atoms with Crippen molar-refractivity contribution in [1.82, 2.24) is 25.1 Å². The summed E-state index contributed by atoms with van der Waals surface area (Å²) in [5.74, 6) is 1.30. The second-order valence-electron chi connectivity index (χ2n) is 8.71. The normalized spacial score (nSPS) is 18.0. The summed E-state index contributed by atoms with van der Waals surface area (Å²) in [7, 11) is 1.83. The second kappa shape index (κ2) is 10.1. The Kier molecular flexibility index (Phi) is 7.04. The average molecular weight is 428 g/mol. The number of carbonyl (C=O) groups is 1. The number of nitrogens with zero attached hydrogens (tertiary/aromatic N) is 4. The Hall–Kier alpha value is -2.64. The van der Waals surface area contributed by atoms with Gasteiger partial charge in [-0.15, -0.1) is 0 Å². The molecule has 0 atom stereocenters. The lowest BCUT2D eigenvalue weighted by Crippen LogP contribution is -2.36. The molecule has 2 aliphatic rings. The van der Waals surface area contributed by atoms with Crippen LogP contribution >= 0.6 is 0 Å². The van der Waals surface area contributed by atoms with Crippen LogP contribution in [0.4, 0.5) is 4.79 Å². The number of hydrogen-bond acceptors (Lipinski definition) is 6. The van der Waals surface area contributed by atoms with Crippen molar-refractivity contribution in [2.75, 3.05) is 0 Å². The number of ether oxygens (including phenoxy) is 2. The molecule has 0 radical (unpaired) electrons. The molecule has 31 heavy (non-hydrogen) atoms. The van der Waals surface area contributed by atoms with E-state index in [0.29, 0.717) is 5.82 Å². The van der Waals surface area contributed by atoms with Gasteiger partial charge in [-0.05, 0) is 45.4 Å². The van der Waals surface area contributed by atoms with Gasteiger partial charge in [-0.2, -0.15) is 5.10 Å². The number of carbonyl (C=O) groups excluding carboxylic acids is 1. The molecule has 4 rings (SSSR count). The molecule has 0 saturated heterocycles. The third-order valence-corrected chi connectivity index (χ3v) is 6.35. The highest BCUT2D eigenvalue weighted by molar-refractivity contribution is 5.68. The minimum atomic E-state index is -0.382. The molecule has 2 aromatic heterocycles. The molecule has 1 N–H and O–H groups in total. The molecule has 0 bridgehead atoms. The molecule has 0 unspecified atom stereocenters. The molecule has 0 aliphatic heterocycles. The molecule has 0 spiro atoms. The van der Waals surface area contributed by atoms with E-state index in [1.165, 1.54) is 25.7 Å². The highest BCUT2D eigenvalue weighted by Gasteiger charge is 2.20. The average Bonchev–Trinajstić information content (AvgIpc) is 3.15. The van der Waals surface area contributed by atoms with E-state index < -0.39 is 0 Å². The standard InChI is InChI=1S/C23H33N5O3/c1-16-21(31-18-11-7-4-8-12-18)14-24-22(26-16)19-13-25-28(2)20(19)15-30-23(29)27-17-9-5-3-6-10-17/h13-14,17-18H,3-12,15H2,1-2H3,(H,27,29). The van der Waals surface area contributed by atoms with Gasteiger partial charge in [-0.3, -0.25) is 4.68 Å². The van der Waals surface area contributed by atoms with E-state index in [2.05, 4.69) is 20.4 Å². The van der Waals surface area contributed by atoms with E-state index in [9.17, 15) is 4.79 Å². The highest BCUT2D eigenvalue weighted by Crippen LogP contribution is 2.27. The van der Waals surface area contributed by atoms with E-state index in [-0.39, 0.29) is 24.8 Å². The number of alkyl carbamates (subject to hydrolysis) is 1. The van der Waals surface area contributed by atoms with Crippen LogP contribution in [0.15, 0.2) is 12.4 Å². The molecule has 2 aliphatic carbocycles. The number of hydrogen-bond donors (Lipinski definition) is 1. The zero-order chi connectivity index (χ0) is 21.6. The lowest BCUT2D eigenvalue weighted by atomic mass is 9.96. The van der Waals surface area contributed by atoms with Crippen LogP contribution in [0.2, 0.25) is 0 Å². The Labute approximate surface area is 183 Å². The number of nitrogens with one attached hydrogen (secondary N) is 1. The number of rotatable bonds is 6. The van der Waals surface area contributed by atoms with Crippen molar-refractivity contribution < 1.29 is 14.3 Å². The van der Waals surface area contributed by atoms with Gasteiger partial charge >= 0.3 is 6.09 Å². The summed E-state index contributed by atoms with van der Waals surface area (Å²) in [6.45, 7) is 2.06. The third-order valence-electron chi connectivity index (χ3n) is 6.35. The maximum atomic E-state index is 12.2. The van der Waals surface area contributed by atoms with Gasteiger partial charge in [0.2, 0.25) is 0 Å². The maximum absolute atomic E-state index is 12.2. The van der Waals surface area contributed by atoms with Crippen molar-refractivity contribution >= 4 is 6.09 Å². The SMILES string of the molecule is Cc1nc(-c2cnn(C)c2COC(=O)NC2CCCCC2)ncc1OC1CCCCC1. The summed E-state index contributed by atoms with van der Waals surface area (Å²) in [6.07, 6.45) is 14.9. The van der Waals surface area contributed by atoms with Crippen molar-refractivity contribution in [2.24, 2.45) is 7.05 Å². The molecule has 1 amide bonds. The predicted octanol–water partition coefficient (Wildman–Crippen LogP) is 4.46. The van der Waals surface area contributed by atoms with E-state index in [1.807, 2.05) is 14.0 Å². The molecule has 2 saturated carbocycles. The molecule has 8 heteroatoms. The topological polar surface area (TPSA) is 91.2 Å². The lowest BCUT2D eigenvalue weighted by Gasteiger charge is -2.23. The van der Waals surface area contributed by atoms with Crippen molar-refractivity contribution in [3.05, 3.63) is 23.8 Å². The maximum Gasteiger partial charge on any atom is 0.407 e. The zero-order valence-corrected chi connectivity index (χ0v) is 18.6. The summed E-state index contributed by atoms with van der Waals surface area (Å²) in [6, 6.07) is 0.218. The number of amides is 1. The molecular formula is C23H33N5O3. The molecule has 8 nitrogen and oxygen atoms in total. The second-order valence-corrected chi connectivity index (χ2v) is 8.71. The van der Waals surface area contributed by atoms with Gasteiger partial charge in [0.05, 0.1) is 35.4 Å². The Morgan fingerprint density at radius 3 is 2.52 bits per heavy atom. The minimum absolute atomic E-state index is 0.118. The monoisotopic (exact) mass is 427 g/mol. The lowest BCUT2D eigenvalue weighted by molar-refractivity contribution is 0.130. The Morgan fingerprint density at radius 1 is 1.10 bits per heavy atom. The van der Waals surface area contributed by atoms with Crippen LogP contribution in [0.5, 0.6) is 5.75 Å². The highest BCUT2D eigenvalue weighted by atomic mass is 16.5. The van der Waals surface area contributed by atoms with Crippen molar-refractivity contribution in [1.29, 1.82) is 0 Å². The summed E-state index contributed by atoms with van der Waals surface area (Å²) in [4.78, 5) is 21.4. The van der Waals surface area contributed by atoms with Gasteiger partial charge < -0.3 is 14.8 Å². The Morgan fingerprint density at radius 2 is 1.81 bits per heavy atom. The molecular weight excluding hydrogens is 394 g/mol. The van der Waals surface area contributed by atoms with Crippen LogP contribution < -0.4 is 10.1 Å². The fraction of sp³-hybridized carbons (Fsp3) is 0.652. The van der Waals surface area contributed by atoms with E-state index in [0.717, 1.165) is 61.2 Å². The van der Waals surface area contributed by atoms with E-state index >= 15 is 0 Å². The van der Waals surface area contributed by atoms with Crippen molar-refractivity contribution in [3.8, 4) is 17.1 Å². The molecule has 2 aromatic rings. The molecule has 2 fully saturated rings. The summed E-state index contributed by atoms with van der Waals surface area (Å²) < 4.78 is 13.3. The Balaban J connectivity index is 1.40. The fourth-order valence-electron chi connectivity index (χ4n) is 4.47. The van der Waals surface area contributed by atoms with Crippen molar-refractivity contribution in [2.45, 2.75) is 89.9 Å². The van der Waals surface area contributed by atoms with Crippen LogP contribution in [0.3, 0.4) is 0 Å². The van der Waals surface area contributed by atoms with Crippen LogP contribution in [0.25, 0.3) is 11.4 Å². The van der Waals surface area contributed by atoms with Gasteiger partial charge in [0, 0.05) is 13.1 Å². The van der Waals surface area contributed by atoms with Crippen LogP contribution in [0.1, 0.15) is 75.6 Å². The van der Waals surface area contributed by atoms with E-state index in [1.54, 1.807) is 17.1 Å². The zero-order valence-electron chi connectivity index (χ0n) is 18.6. The van der Waals surface area contributed by atoms with E-state index in [4.69, 9.17) is 9.47 Å². The quantitative estimate of drug-likeness (QED) is 0.732. The summed E-state index contributed by atoms with van der Waals surface area (Å²) in [5.41, 5.74) is 2.33. The minimum Gasteiger partial charge on any atom is -0.487 e. The van der Waals surface area contributed by atoms with Gasteiger partial charge in [0.1, 0.15) is 6.61 Å². The first-order valence-electron chi connectivity index (χ1n) is 11.5. The van der Waals surface area contributed by atoms with Gasteiger partial charge in [0.25, 0.3) is 0 Å². The third kappa shape index (κ3) is 5.54. The van der Waals surface area contributed by atoms with Crippen LogP contribution in [-0.4, -0.2) is 38.0 Å². The first kappa shape index (κ1) is 21.6.